The predicted molar refractivity (Wildman–Crippen MR) is 65.3 cm³/mol. The molecule has 102 valence electrons. The van der Waals surface area contributed by atoms with Crippen molar-refractivity contribution in [3.8, 4) is 0 Å². The molecular formula is C11H13N3O5. The highest BCUT2D eigenvalue weighted by Gasteiger charge is 2.35. The molecule has 1 fully saturated rings. The van der Waals surface area contributed by atoms with E-state index in [2.05, 4.69) is 4.98 Å². The van der Waals surface area contributed by atoms with Crippen molar-refractivity contribution in [1.82, 2.24) is 4.98 Å². The summed E-state index contributed by atoms with van der Waals surface area (Å²) in [6, 6.07) is 2.22. The zero-order chi connectivity index (χ0) is 14.2. The number of aliphatic hydroxyl groups is 1. The molecule has 0 spiro atoms. The van der Waals surface area contributed by atoms with Gasteiger partial charge >= 0.3 is 11.7 Å². The molecule has 0 amide bonds. The lowest BCUT2D eigenvalue weighted by molar-refractivity contribution is -0.384. The molecule has 2 rings (SSSR count). The second-order valence-corrected chi connectivity index (χ2v) is 4.77. The van der Waals surface area contributed by atoms with Gasteiger partial charge in [0.1, 0.15) is 0 Å². The molecule has 1 aromatic rings. The maximum Gasteiger partial charge on any atom is 0.354 e. The van der Waals surface area contributed by atoms with Crippen molar-refractivity contribution in [1.29, 1.82) is 0 Å². The summed E-state index contributed by atoms with van der Waals surface area (Å²) in [4.78, 5) is 26.6. The third-order valence-electron chi connectivity index (χ3n) is 3.02. The van der Waals surface area contributed by atoms with Crippen LogP contribution in [0.2, 0.25) is 0 Å². The Bertz CT molecular complexity index is 543. The van der Waals surface area contributed by atoms with E-state index < -0.39 is 16.5 Å². The molecule has 8 nitrogen and oxygen atoms in total. The molecule has 19 heavy (non-hydrogen) atoms. The van der Waals surface area contributed by atoms with E-state index in [0.29, 0.717) is 13.0 Å². The lowest BCUT2D eigenvalue weighted by Gasteiger charge is -2.19. The van der Waals surface area contributed by atoms with Gasteiger partial charge in [-0.3, -0.25) is 10.1 Å². The third kappa shape index (κ3) is 2.63. The largest absolute Gasteiger partial charge is 0.477 e. The third-order valence-corrected chi connectivity index (χ3v) is 3.02. The molecule has 1 unspecified atom stereocenters. The summed E-state index contributed by atoms with van der Waals surface area (Å²) in [7, 11) is 0. The molecule has 0 saturated carbocycles. The van der Waals surface area contributed by atoms with E-state index in [9.17, 15) is 20.0 Å². The van der Waals surface area contributed by atoms with Crippen LogP contribution in [-0.2, 0) is 0 Å². The van der Waals surface area contributed by atoms with E-state index >= 15 is 0 Å². The number of carboxylic acid groups (broad SMARTS) is 1. The minimum atomic E-state index is -1.25. The quantitative estimate of drug-likeness (QED) is 0.609. The van der Waals surface area contributed by atoms with Gasteiger partial charge in [0.2, 0.25) is 5.82 Å². The van der Waals surface area contributed by atoms with E-state index in [1.807, 2.05) is 0 Å². The molecule has 1 aliphatic rings. The summed E-state index contributed by atoms with van der Waals surface area (Å²) in [6.45, 7) is 2.20. The minimum absolute atomic E-state index is 0.0114. The highest BCUT2D eigenvalue weighted by atomic mass is 16.6. The van der Waals surface area contributed by atoms with E-state index in [1.54, 1.807) is 6.92 Å². The lowest BCUT2D eigenvalue weighted by Crippen LogP contribution is -2.30. The number of β-amino-alcohol motifs (C(OH)–C–C–N with tert-alkyl or cyclic N) is 1. The summed E-state index contributed by atoms with van der Waals surface area (Å²) >= 11 is 0. The van der Waals surface area contributed by atoms with Gasteiger partial charge in [-0.15, -0.1) is 0 Å². The number of carboxylic acids is 1. The van der Waals surface area contributed by atoms with Gasteiger partial charge in [0.25, 0.3) is 0 Å². The van der Waals surface area contributed by atoms with Crippen LogP contribution in [0.15, 0.2) is 12.1 Å². The molecular weight excluding hydrogens is 254 g/mol. The van der Waals surface area contributed by atoms with Crippen LogP contribution in [-0.4, -0.2) is 44.8 Å². The zero-order valence-corrected chi connectivity index (χ0v) is 10.2. The number of nitrogens with zero attached hydrogens (tertiary/aromatic N) is 3. The molecule has 2 heterocycles. The Morgan fingerprint density at radius 1 is 1.58 bits per heavy atom. The Balaban J connectivity index is 2.44. The first-order chi connectivity index (χ1) is 8.80. The average molecular weight is 267 g/mol. The molecule has 1 aromatic heterocycles. The van der Waals surface area contributed by atoms with Crippen LogP contribution >= 0.6 is 0 Å². The van der Waals surface area contributed by atoms with Gasteiger partial charge < -0.3 is 15.1 Å². The smallest absolute Gasteiger partial charge is 0.354 e. The number of nitro groups is 1. The van der Waals surface area contributed by atoms with Gasteiger partial charge in [-0.25, -0.2) is 9.78 Å². The summed E-state index contributed by atoms with van der Waals surface area (Å²) in [5.41, 5.74) is -1.47. The molecule has 0 aromatic carbocycles. The summed E-state index contributed by atoms with van der Waals surface area (Å²) < 4.78 is 0. The van der Waals surface area contributed by atoms with Gasteiger partial charge in [0.15, 0.2) is 5.69 Å². The Morgan fingerprint density at radius 2 is 2.26 bits per heavy atom. The Labute approximate surface area is 108 Å². The molecule has 2 N–H and O–H groups in total. The van der Waals surface area contributed by atoms with Gasteiger partial charge in [0, 0.05) is 19.2 Å². The Hall–Kier alpha value is -2.22. The topological polar surface area (TPSA) is 117 Å². The minimum Gasteiger partial charge on any atom is -0.477 e. The van der Waals surface area contributed by atoms with E-state index in [1.165, 1.54) is 4.90 Å². The second kappa shape index (κ2) is 4.47. The molecule has 8 heteroatoms. The van der Waals surface area contributed by atoms with Crippen LogP contribution in [0.25, 0.3) is 0 Å². The standard InChI is InChI=1S/C11H13N3O5/c1-11(17)4-5-13(6-11)9-8(14(18)19)3-2-7(12-9)10(15)16/h2-3,17H,4-6H2,1H3,(H,15,16). The summed E-state index contributed by atoms with van der Waals surface area (Å²) in [5, 5.41) is 29.7. The molecule has 0 radical (unpaired) electrons. The monoisotopic (exact) mass is 267 g/mol. The van der Waals surface area contributed by atoms with Crippen LogP contribution in [0, 0.1) is 10.1 Å². The Morgan fingerprint density at radius 3 is 2.74 bits per heavy atom. The number of carbonyl (C=O) groups is 1. The van der Waals surface area contributed by atoms with Crippen molar-refractivity contribution in [2.45, 2.75) is 18.9 Å². The first-order valence-electron chi connectivity index (χ1n) is 5.66. The normalized spacial score (nSPS) is 22.5. The second-order valence-electron chi connectivity index (χ2n) is 4.77. The van der Waals surface area contributed by atoms with Crippen LogP contribution < -0.4 is 4.90 Å². The zero-order valence-electron chi connectivity index (χ0n) is 10.2. The predicted octanol–water partition coefficient (Wildman–Crippen LogP) is 0.649. The number of hydrogen-bond donors (Lipinski definition) is 2. The van der Waals surface area contributed by atoms with Gasteiger partial charge in [-0.1, -0.05) is 0 Å². The van der Waals surface area contributed by atoms with Crippen molar-refractivity contribution >= 4 is 17.5 Å². The van der Waals surface area contributed by atoms with Crippen molar-refractivity contribution < 1.29 is 19.9 Å². The highest BCUT2D eigenvalue weighted by Crippen LogP contribution is 2.31. The lowest BCUT2D eigenvalue weighted by atomic mass is 10.1. The van der Waals surface area contributed by atoms with Crippen molar-refractivity contribution in [3.63, 3.8) is 0 Å². The SMILES string of the molecule is CC1(O)CCN(c2nc(C(=O)O)ccc2[N+](=O)[O-])C1. The number of hydrogen-bond acceptors (Lipinski definition) is 6. The maximum atomic E-state index is 10.9. The van der Waals surface area contributed by atoms with E-state index in [0.717, 1.165) is 12.1 Å². The number of aromatic carboxylic acids is 1. The van der Waals surface area contributed by atoms with Crippen LogP contribution in [0.3, 0.4) is 0 Å². The fourth-order valence-electron chi connectivity index (χ4n) is 2.06. The van der Waals surface area contributed by atoms with E-state index in [-0.39, 0.29) is 23.7 Å². The number of pyridine rings is 1. The van der Waals surface area contributed by atoms with Gasteiger partial charge in [-0.2, -0.15) is 0 Å². The first kappa shape index (κ1) is 13.2. The molecule has 0 aliphatic carbocycles. The highest BCUT2D eigenvalue weighted by molar-refractivity contribution is 5.86. The van der Waals surface area contributed by atoms with E-state index in [4.69, 9.17) is 5.11 Å². The number of aromatic nitrogens is 1. The fourth-order valence-corrected chi connectivity index (χ4v) is 2.06. The van der Waals surface area contributed by atoms with Crippen molar-refractivity contribution in [2.75, 3.05) is 18.0 Å². The molecule has 1 aliphatic heterocycles. The maximum absolute atomic E-state index is 10.9. The summed E-state index contributed by atoms with van der Waals surface area (Å²) in [5.74, 6) is -1.26. The van der Waals surface area contributed by atoms with Crippen molar-refractivity contribution in [3.05, 3.63) is 27.9 Å². The van der Waals surface area contributed by atoms with Crippen molar-refractivity contribution in [2.24, 2.45) is 0 Å². The summed E-state index contributed by atoms with van der Waals surface area (Å²) in [6.07, 6.45) is 0.448. The Kier molecular flexibility index (Phi) is 3.11. The van der Waals surface area contributed by atoms with Crippen LogP contribution in [0.1, 0.15) is 23.8 Å². The van der Waals surface area contributed by atoms with Crippen LogP contribution in [0.4, 0.5) is 11.5 Å². The first-order valence-corrected chi connectivity index (χ1v) is 5.66. The van der Waals surface area contributed by atoms with Crippen LogP contribution in [0.5, 0.6) is 0 Å². The fraction of sp³-hybridized carbons (Fsp3) is 0.455. The number of rotatable bonds is 3. The molecule has 1 atom stereocenters. The number of anilines is 1. The average Bonchev–Trinajstić information content (AvgIpc) is 2.68. The van der Waals surface area contributed by atoms with Gasteiger partial charge in [0.05, 0.1) is 10.5 Å². The van der Waals surface area contributed by atoms with Gasteiger partial charge in [-0.05, 0) is 19.4 Å². The molecule has 0 bridgehead atoms. The molecule has 1 saturated heterocycles.